The van der Waals surface area contributed by atoms with Crippen molar-refractivity contribution in [1.82, 2.24) is 19.7 Å². The summed E-state index contributed by atoms with van der Waals surface area (Å²) in [5.74, 6) is -0.879. The monoisotopic (exact) mass is 534 g/mol. The van der Waals surface area contributed by atoms with E-state index in [1.165, 1.54) is 24.3 Å². The molecule has 0 aliphatic rings. The molecule has 0 aliphatic carbocycles. The van der Waals surface area contributed by atoms with Crippen molar-refractivity contribution < 1.29 is 21.2 Å². The number of aromatic nitrogens is 3. The zero-order valence-corrected chi connectivity index (χ0v) is 21.6. The van der Waals surface area contributed by atoms with Gasteiger partial charge >= 0.3 is 0 Å². The Labute approximate surface area is 207 Å². The van der Waals surface area contributed by atoms with Gasteiger partial charge in [-0.3, -0.25) is 0 Å². The minimum absolute atomic E-state index is 0.0127. The van der Waals surface area contributed by atoms with Crippen molar-refractivity contribution in [3.05, 3.63) is 71.4 Å². The van der Waals surface area contributed by atoms with Crippen molar-refractivity contribution in [1.29, 1.82) is 0 Å². The lowest BCUT2D eigenvalue weighted by atomic mass is 9.99. The van der Waals surface area contributed by atoms with Crippen LogP contribution in [-0.2, 0) is 32.2 Å². The average Bonchev–Trinajstić information content (AvgIpc) is 3.23. The standard InChI is InChI=1S/C23H23FN4O4S3/c1-14(2)21-17(13-35(31,32)23-26-18-6-4-5-7-19(18)33-23)22(15-8-10-16(24)11-9-15)28-20(27-21)12-25-34(3,29)30/h4-11,14,25H,12-13H2,1-3H3. The van der Waals surface area contributed by atoms with Crippen LogP contribution in [0.1, 0.15) is 36.8 Å². The van der Waals surface area contributed by atoms with Crippen molar-refractivity contribution in [2.24, 2.45) is 0 Å². The molecule has 0 atom stereocenters. The smallest absolute Gasteiger partial charge is 0.210 e. The summed E-state index contributed by atoms with van der Waals surface area (Å²) in [6.45, 7) is 3.55. The van der Waals surface area contributed by atoms with E-state index in [4.69, 9.17) is 0 Å². The third-order valence-corrected chi connectivity index (χ3v) is 8.92. The summed E-state index contributed by atoms with van der Waals surface area (Å²) in [4.78, 5) is 13.3. The van der Waals surface area contributed by atoms with Crippen LogP contribution in [0.2, 0.25) is 0 Å². The molecule has 0 aliphatic heterocycles. The molecular formula is C23H23FN4O4S3. The number of fused-ring (bicyclic) bond motifs is 1. The second-order valence-corrected chi connectivity index (χ2v) is 13.3. The normalized spacial score (nSPS) is 12.5. The van der Waals surface area contributed by atoms with E-state index in [9.17, 15) is 21.2 Å². The van der Waals surface area contributed by atoms with E-state index in [1.54, 1.807) is 12.1 Å². The van der Waals surface area contributed by atoms with Gasteiger partial charge in [-0.05, 0) is 42.3 Å². The largest absolute Gasteiger partial charge is 0.236 e. The summed E-state index contributed by atoms with van der Waals surface area (Å²) in [5.41, 5.74) is 2.23. The Kier molecular flexibility index (Phi) is 7.00. The highest BCUT2D eigenvalue weighted by Gasteiger charge is 2.27. The van der Waals surface area contributed by atoms with Gasteiger partial charge in [0, 0.05) is 11.1 Å². The molecule has 0 fully saturated rings. The Morgan fingerprint density at radius 1 is 0.971 bits per heavy atom. The van der Waals surface area contributed by atoms with E-state index in [-0.39, 0.29) is 22.6 Å². The van der Waals surface area contributed by atoms with E-state index in [0.29, 0.717) is 28.0 Å². The first-order chi connectivity index (χ1) is 16.4. The summed E-state index contributed by atoms with van der Waals surface area (Å²) in [5, 5.41) is 0. The summed E-state index contributed by atoms with van der Waals surface area (Å²) >= 11 is 1.09. The minimum Gasteiger partial charge on any atom is -0.236 e. The second kappa shape index (κ2) is 9.69. The van der Waals surface area contributed by atoms with Crippen molar-refractivity contribution >= 4 is 41.4 Å². The number of sulfonamides is 1. The van der Waals surface area contributed by atoms with E-state index >= 15 is 0 Å². The molecule has 1 N–H and O–H groups in total. The van der Waals surface area contributed by atoms with Crippen LogP contribution in [-0.4, -0.2) is 38.0 Å². The lowest BCUT2D eigenvalue weighted by Gasteiger charge is -2.18. The molecule has 8 nitrogen and oxygen atoms in total. The molecule has 0 amide bonds. The van der Waals surface area contributed by atoms with Gasteiger partial charge in [-0.15, -0.1) is 11.3 Å². The zero-order chi connectivity index (χ0) is 25.4. The SMILES string of the molecule is CC(C)c1nc(CNS(C)(=O)=O)nc(-c2ccc(F)cc2)c1CS(=O)(=O)c1nc2ccccc2s1. The highest BCUT2D eigenvalue weighted by Crippen LogP contribution is 2.33. The Balaban J connectivity index is 1.86. The second-order valence-electron chi connectivity index (χ2n) is 8.31. The molecular weight excluding hydrogens is 511 g/mol. The van der Waals surface area contributed by atoms with Crippen molar-refractivity contribution in [3.63, 3.8) is 0 Å². The molecule has 4 rings (SSSR count). The highest BCUT2D eigenvalue weighted by molar-refractivity contribution is 7.92. The summed E-state index contributed by atoms with van der Waals surface area (Å²) in [7, 11) is -7.39. The first-order valence-corrected chi connectivity index (χ1v) is 15.0. The van der Waals surface area contributed by atoms with Crippen LogP contribution in [0.15, 0.2) is 52.9 Å². The number of hydrogen-bond donors (Lipinski definition) is 1. The van der Waals surface area contributed by atoms with Gasteiger partial charge < -0.3 is 0 Å². The first kappa shape index (κ1) is 25.3. The van der Waals surface area contributed by atoms with Crippen LogP contribution in [0.5, 0.6) is 0 Å². The van der Waals surface area contributed by atoms with Crippen LogP contribution >= 0.6 is 11.3 Å². The summed E-state index contributed by atoms with van der Waals surface area (Å²) in [6, 6.07) is 12.7. The maximum atomic E-state index is 13.6. The number of sulfone groups is 1. The number of nitrogens with zero attached hydrogens (tertiary/aromatic N) is 3. The molecule has 2 aromatic carbocycles. The molecule has 0 bridgehead atoms. The van der Waals surface area contributed by atoms with E-state index in [2.05, 4.69) is 19.7 Å². The van der Waals surface area contributed by atoms with Gasteiger partial charge in [0.05, 0.1) is 40.2 Å². The lowest BCUT2D eigenvalue weighted by Crippen LogP contribution is -2.24. The van der Waals surface area contributed by atoms with Gasteiger partial charge in [0.25, 0.3) is 0 Å². The molecule has 0 radical (unpaired) electrons. The molecule has 0 spiro atoms. The number of nitrogens with one attached hydrogen (secondary N) is 1. The zero-order valence-electron chi connectivity index (χ0n) is 19.2. The van der Waals surface area contributed by atoms with Crippen LogP contribution in [0.4, 0.5) is 4.39 Å². The van der Waals surface area contributed by atoms with Crippen LogP contribution < -0.4 is 4.72 Å². The molecule has 0 saturated carbocycles. The molecule has 4 aromatic rings. The number of halogens is 1. The first-order valence-electron chi connectivity index (χ1n) is 10.6. The third kappa shape index (κ3) is 5.89. The quantitative estimate of drug-likeness (QED) is 0.362. The Hall–Kier alpha value is -2.80. The molecule has 35 heavy (non-hydrogen) atoms. The van der Waals surface area contributed by atoms with E-state index < -0.39 is 31.4 Å². The lowest BCUT2D eigenvalue weighted by molar-refractivity contribution is 0.585. The fourth-order valence-electron chi connectivity index (χ4n) is 3.53. The van der Waals surface area contributed by atoms with Gasteiger partial charge in [-0.25, -0.2) is 40.9 Å². The van der Waals surface area contributed by atoms with Gasteiger partial charge in [0.1, 0.15) is 11.6 Å². The number of benzene rings is 2. The fraction of sp³-hybridized carbons (Fsp3) is 0.261. The Morgan fingerprint density at radius 2 is 1.66 bits per heavy atom. The number of rotatable bonds is 8. The number of para-hydroxylation sites is 1. The summed E-state index contributed by atoms with van der Waals surface area (Å²) < 4.78 is 66.9. The van der Waals surface area contributed by atoms with E-state index in [0.717, 1.165) is 22.3 Å². The average molecular weight is 535 g/mol. The van der Waals surface area contributed by atoms with Gasteiger partial charge in [0.2, 0.25) is 24.2 Å². The third-order valence-electron chi connectivity index (χ3n) is 5.12. The van der Waals surface area contributed by atoms with Crippen LogP contribution in [0, 0.1) is 5.82 Å². The summed E-state index contributed by atoms with van der Waals surface area (Å²) in [6.07, 6.45) is 1.02. The van der Waals surface area contributed by atoms with Gasteiger partial charge in [-0.2, -0.15) is 0 Å². The van der Waals surface area contributed by atoms with E-state index in [1.807, 2.05) is 26.0 Å². The molecule has 2 aromatic heterocycles. The maximum absolute atomic E-state index is 13.6. The molecule has 0 unspecified atom stereocenters. The maximum Gasteiger partial charge on any atom is 0.210 e. The minimum atomic E-state index is -3.88. The molecule has 0 saturated heterocycles. The predicted octanol–water partition coefficient (Wildman–Crippen LogP) is 4.04. The molecule has 12 heteroatoms. The highest BCUT2D eigenvalue weighted by atomic mass is 32.2. The fourth-order valence-corrected chi connectivity index (χ4v) is 6.59. The van der Waals surface area contributed by atoms with Crippen LogP contribution in [0.25, 0.3) is 21.5 Å². The Bertz CT molecular complexity index is 1570. The van der Waals surface area contributed by atoms with Gasteiger partial charge in [0.15, 0.2) is 0 Å². The topological polar surface area (TPSA) is 119 Å². The van der Waals surface area contributed by atoms with Crippen molar-refractivity contribution in [2.45, 2.75) is 36.4 Å². The molecule has 184 valence electrons. The molecule has 2 heterocycles. The van der Waals surface area contributed by atoms with Crippen molar-refractivity contribution in [2.75, 3.05) is 6.26 Å². The predicted molar refractivity (Wildman–Crippen MR) is 134 cm³/mol. The van der Waals surface area contributed by atoms with Gasteiger partial charge in [-0.1, -0.05) is 26.0 Å². The van der Waals surface area contributed by atoms with Crippen molar-refractivity contribution in [3.8, 4) is 11.3 Å². The Morgan fingerprint density at radius 3 is 2.29 bits per heavy atom. The van der Waals surface area contributed by atoms with Crippen LogP contribution in [0.3, 0.4) is 0 Å². The number of thiazole rings is 1. The number of hydrogen-bond acceptors (Lipinski definition) is 8.